The van der Waals surface area contributed by atoms with Gasteiger partial charge in [-0.05, 0) is 18.6 Å². The van der Waals surface area contributed by atoms with Gasteiger partial charge in [-0.2, -0.15) is 0 Å². The second-order valence-corrected chi connectivity index (χ2v) is 5.07. The highest BCUT2D eigenvalue weighted by Gasteiger charge is 2.37. The molecule has 3 fully saturated rings. The van der Waals surface area contributed by atoms with Crippen LogP contribution in [-0.4, -0.2) is 36.0 Å². The van der Waals surface area contributed by atoms with Crippen molar-refractivity contribution in [3.63, 3.8) is 0 Å². The molecule has 90 valence electrons. The van der Waals surface area contributed by atoms with E-state index in [1.807, 2.05) is 18.2 Å². The van der Waals surface area contributed by atoms with Gasteiger partial charge in [0, 0.05) is 31.6 Å². The first-order valence-corrected chi connectivity index (χ1v) is 6.18. The molecule has 0 N–H and O–H groups in total. The van der Waals surface area contributed by atoms with E-state index in [1.54, 1.807) is 6.92 Å². The third-order valence-electron chi connectivity index (χ3n) is 3.57. The number of nitrogens with zero attached hydrogens (tertiary/aromatic N) is 1. The normalized spacial score (nSPS) is 27.6. The van der Waals surface area contributed by atoms with E-state index in [9.17, 15) is 4.79 Å². The van der Waals surface area contributed by atoms with Gasteiger partial charge in [0.05, 0.1) is 12.2 Å². The highest BCUT2D eigenvalue weighted by atomic mass is 16.5. The molecule has 2 atom stereocenters. The maximum absolute atomic E-state index is 11.3. The molecule has 0 saturated carbocycles. The van der Waals surface area contributed by atoms with Crippen molar-refractivity contribution in [3.05, 3.63) is 35.4 Å². The number of ketones is 1. The summed E-state index contributed by atoms with van der Waals surface area (Å²) in [6.45, 7) is 4.60. The van der Waals surface area contributed by atoms with Gasteiger partial charge < -0.3 is 4.74 Å². The van der Waals surface area contributed by atoms with E-state index in [0.717, 1.165) is 25.2 Å². The number of piperidine rings is 1. The van der Waals surface area contributed by atoms with Crippen LogP contribution in [0.5, 0.6) is 0 Å². The summed E-state index contributed by atoms with van der Waals surface area (Å²) in [5.41, 5.74) is 2.03. The summed E-state index contributed by atoms with van der Waals surface area (Å²) in [5, 5.41) is 0. The first kappa shape index (κ1) is 10.9. The third kappa shape index (κ3) is 2.26. The van der Waals surface area contributed by atoms with Gasteiger partial charge >= 0.3 is 0 Å². The lowest BCUT2D eigenvalue weighted by molar-refractivity contribution is -0.182. The lowest BCUT2D eigenvalue weighted by atomic mass is 9.98. The lowest BCUT2D eigenvalue weighted by Gasteiger charge is -2.47. The zero-order valence-corrected chi connectivity index (χ0v) is 10.1. The van der Waals surface area contributed by atoms with Crippen LogP contribution in [0.4, 0.5) is 0 Å². The quantitative estimate of drug-likeness (QED) is 0.744. The van der Waals surface area contributed by atoms with Crippen molar-refractivity contribution in [1.29, 1.82) is 0 Å². The number of fused-ring (bicyclic) bond motifs is 2. The monoisotopic (exact) mass is 231 g/mol. The van der Waals surface area contributed by atoms with E-state index in [-0.39, 0.29) is 5.78 Å². The van der Waals surface area contributed by atoms with E-state index < -0.39 is 0 Å². The van der Waals surface area contributed by atoms with Gasteiger partial charge in [0.1, 0.15) is 0 Å². The Morgan fingerprint density at radius 1 is 1.41 bits per heavy atom. The van der Waals surface area contributed by atoms with Crippen LogP contribution in [0.2, 0.25) is 0 Å². The zero-order chi connectivity index (χ0) is 11.8. The highest BCUT2D eigenvalue weighted by molar-refractivity contribution is 5.94. The van der Waals surface area contributed by atoms with Crippen LogP contribution >= 0.6 is 0 Å². The Kier molecular flexibility index (Phi) is 2.73. The van der Waals surface area contributed by atoms with Crippen LogP contribution in [0.25, 0.3) is 0 Å². The average Bonchev–Trinajstić information content (AvgIpc) is 2.28. The van der Waals surface area contributed by atoms with Crippen molar-refractivity contribution < 1.29 is 9.53 Å². The minimum Gasteiger partial charge on any atom is -0.372 e. The van der Waals surface area contributed by atoms with Gasteiger partial charge in [-0.15, -0.1) is 0 Å². The SMILES string of the molecule is CC(=O)c1cccc(CN2CC3CC(C2)O3)c1. The summed E-state index contributed by atoms with van der Waals surface area (Å²) >= 11 is 0. The Morgan fingerprint density at radius 2 is 2.12 bits per heavy atom. The summed E-state index contributed by atoms with van der Waals surface area (Å²) < 4.78 is 5.61. The Hall–Kier alpha value is -1.19. The van der Waals surface area contributed by atoms with Gasteiger partial charge in [-0.1, -0.05) is 18.2 Å². The molecule has 4 rings (SSSR count). The van der Waals surface area contributed by atoms with Crippen molar-refractivity contribution in [2.45, 2.75) is 32.1 Å². The Bertz CT molecular complexity index is 428. The Balaban J connectivity index is 1.68. The van der Waals surface area contributed by atoms with Gasteiger partial charge in [0.25, 0.3) is 0 Å². The van der Waals surface area contributed by atoms with Crippen LogP contribution in [0, 0.1) is 0 Å². The van der Waals surface area contributed by atoms with Gasteiger partial charge in [0.15, 0.2) is 5.78 Å². The second kappa shape index (κ2) is 4.24. The summed E-state index contributed by atoms with van der Waals surface area (Å²) in [4.78, 5) is 13.7. The summed E-state index contributed by atoms with van der Waals surface area (Å²) in [5.74, 6) is 0.136. The molecule has 0 amide bonds. The zero-order valence-electron chi connectivity index (χ0n) is 10.1. The van der Waals surface area contributed by atoms with E-state index in [2.05, 4.69) is 11.0 Å². The molecular formula is C14H17NO2. The van der Waals surface area contributed by atoms with E-state index in [4.69, 9.17) is 4.74 Å². The Labute approximate surface area is 101 Å². The summed E-state index contributed by atoms with van der Waals surface area (Å²) in [6.07, 6.45) is 2.12. The van der Waals surface area contributed by atoms with Gasteiger partial charge in [0.2, 0.25) is 0 Å². The summed E-state index contributed by atoms with van der Waals surface area (Å²) in [6, 6.07) is 7.94. The number of benzene rings is 1. The fraction of sp³-hybridized carbons (Fsp3) is 0.500. The number of morpholine rings is 1. The molecule has 0 aliphatic carbocycles. The molecule has 3 aliphatic heterocycles. The lowest BCUT2D eigenvalue weighted by Crippen LogP contribution is -2.56. The predicted octanol–water partition coefficient (Wildman–Crippen LogP) is 1.86. The minimum atomic E-state index is 0.136. The van der Waals surface area contributed by atoms with Crippen LogP contribution in [0.3, 0.4) is 0 Å². The largest absolute Gasteiger partial charge is 0.372 e. The molecular weight excluding hydrogens is 214 g/mol. The smallest absolute Gasteiger partial charge is 0.159 e. The van der Waals surface area contributed by atoms with Crippen LogP contribution in [0.1, 0.15) is 29.3 Å². The highest BCUT2D eigenvalue weighted by Crippen LogP contribution is 2.28. The first-order chi connectivity index (χ1) is 8.20. The van der Waals surface area contributed by atoms with E-state index in [0.29, 0.717) is 12.2 Å². The molecule has 3 heterocycles. The molecule has 0 spiro atoms. The van der Waals surface area contributed by atoms with Crippen LogP contribution < -0.4 is 0 Å². The van der Waals surface area contributed by atoms with E-state index >= 15 is 0 Å². The number of ether oxygens (including phenoxy) is 1. The second-order valence-electron chi connectivity index (χ2n) is 5.07. The van der Waals surface area contributed by atoms with E-state index in [1.165, 1.54) is 12.0 Å². The fourth-order valence-corrected chi connectivity index (χ4v) is 2.72. The van der Waals surface area contributed by atoms with Gasteiger partial charge in [-0.25, -0.2) is 0 Å². The van der Waals surface area contributed by atoms with Crippen molar-refractivity contribution in [2.24, 2.45) is 0 Å². The molecule has 3 aliphatic rings. The van der Waals surface area contributed by atoms with Gasteiger partial charge in [-0.3, -0.25) is 9.69 Å². The number of hydrogen-bond acceptors (Lipinski definition) is 3. The maximum Gasteiger partial charge on any atom is 0.159 e. The van der Waals surface area contributed by atoms with Crippen LogP contribution in [-0.2, 0) is 11.3 Å². The first-order valence-electron chi connectivity index (χ1n) is 6.18. The molecule has 0 radical (unpaired) electrons. The average molecular weight is 231 g/mol. The molecule has 1 aromatic rings. The number of hydrogen-bond donors (Lipinski definition) is 0. The number of Topliss-reactive ketones (excluding diaryl/α,β-unsaturated/α-hetero) is 1. The summed E-state index contributed by atoms with van der Waals surface area (Å²) in [7, 11) is 0. The van der Waals surface area contributed by atoms with Crippen molar-refractivity contribution in [3.8, 4) is 0 Å². The molecule has 17 heavy (non-hydrogen) atoms. The number of carbonyl (C=O) groups is 1. The molecule has 2 bridgehead atoms. The molecule has 0 aromatic heterocycles. The molecule has 3 heteroatoms. The third-order valence-corrected chi connectivity index (χ3v) is 3.57. The van der Waals surface area contributed by atoms with Crippen molar-refractivity contribution in [1.82, 2.24) is 4.90 Å². The predicted molar refractivity (Wildman–Crippen MR) is 65.0 cm³/mol. The minimum absolute atomic E-state index is 0.136. The van der Waals surface area contributed by atoms with Crippen molar-refractivity contribution in [2.75, 3.05) is 13.1 Å². The molecule has 3 saturated heterocycles. The molecule has 2 unspecified atom stereocenters. The Morgan fingerprint density at radius 3 is 2.76 bits per heavy atom. The van der Waals surface area contributed by atoms with Crippen LogP contribution in [0.15, 0.2) is 24.3 Å². The van der Waals surface area contributed by atoms with Crippen molar-refractivity contribution >= 4 is 5.78 Å². The number of carbonyl (C=O) groups excluding carboxylic acids is 1. The topological polar surface area (TPSA) is 29.5 Å². The maximum atomic E-state index is 11.3. The standard InChI is InChI=1S/C14H17NO2/c1-10(16)12-4-2-3-11(5-12)7-15-8-13-6-14(9-15)17-13/h2-5,13-14H,6-9H2,1H3. The molecule has 3 nitrogen and oxygen atoms in total. The molecule has 1 aromatic carbocycles. The fourth-order valence-electron chi connectivity index (χ4n) is 2.72. The number of rotatable bonds is 3.